The van der Waals surface area contributed by atoms with Crippen molar-refractivity contribution in [1.29, 1.82) is 0 Å². The molecule has 1 heterocycles. The Hall–Kier alpha value is -1.19. The normalized spacial score (nSPS) is 11.4. The van der Waals surface area contributed by atoms with E-state index in [1.54, 1.807) is 6.92 Å². The second-order valence-corrected chi connectivity index (χ2v) is 6.03. The molecule has 0 unspecified atom stereocenters. The predicted molar refractivity (Wildman–Crippen MR) is 63.0 cm³/mol. The Morgan fingerprint density at radius 2 is 2.35 bits per heavy atom. The second kappa shape index (κ2) is 5.94. The molecule has 0 spiro atoms. The maximum Gasteiger partial charge on any atom is 0.307 e. The highest BCUT2D eigenvalue weighted by Crippen LogP contribution is 2.19. The van der Waals surface area contributed by atoms with E-state index in [9.17, 15) is 13.2 Å². The number of anilines is 1. The van der Waals surface area contributed by atoms with Crippen molar-refractivity contribution in [2.24, 2.45) is 0 Å². The number of sulfonamides is 1. The van der Waals surface area contributed by atoms with Gasteiger partial charge in [-0.25, -0.2) is 18.1 Å². The minimum absolute atomic E-state index is 0.0125. The Labute approximate surface area is 103 Å². The van der Waals surface area contributed by atoms with E-state index in [1.165, 1.54) is 6.20 Å². The monoisotopic (exact) mass is 279 g/mol. The molecule has 0 aliphatic carbocycles. The number of esters is 1. The zero-order chi connectivity index (χ0) is 12.9. The molecular weight excluding hydrogens is 266 g/mol. The Kier molecular flexibility index (Phi) is 4.85. The standard InChI is InChI=1S/C8H13N3O4S2/c1-2-15-6(12)3-4-11-17(13,14)7-5-10-8(9)16-7/h5,11H,2-4H2,1H3,(H2,9,10). The zero-order valence-electron chi connectivity index (χ0n) is 9.17. The van der Waals surface area contributed by atoms with Crippen molar-refractivity contribution in [2.45, 2.75) is 17.6 Å². The van der Waals surface area contributed by atoms with Crippen LogP contribution in [0.3, 0.4) is 0 Å². The minimum atomic E-state index is -3.63. The molecule has 0 fully saturated rings. The summed E-state index contributed by atoms with van der Waals surface area (Å²) in [5, 5.41) is 0.177. The molecule has 96 valence electrons. The van der Waals surface area contributed by atoms with Crippen molar-refractivity contribution in [3.63, 3.8) is 0 Å². The fraction of sp³-hybridized carbons (Fsp3) is 0.500. The van der Waals surface area contributed by atoms with Gasteiger partial charge in [-0.15, -0.1) is 0 Å². The molecule has 1 rings (SSSR count). The summed E-state index contributed by atoms with van der Waals surface area (Å²) >= 11 is 0.864. The molecule has 0 aliphatic rings. The molecule has 0 saturated carbocycles. The smallest absolute Gasteiger partial charge is 0.307 e. The molecule has 0 aliphatic heterocycles. The van der Waals surface area contributed by atoms with Gasteiger partial charge in [0.15, 0.2) is 9.34 Å². The molecule has 0 bridgehead atoms. The molecule has 7 nitrogen and oxygen atoms in total. The molecule has 1 aromatic rings. The largest absolute Gasteiger partial charge is 0.466 e. The van der Waals surface area contributed by atoms with E-state index in [-0.39, 0.29) is 28.9 Å². The van der Waals surface area contributed by atoms with Gasteiger partial charge in [0.2, 0.25) is 0 Å². The number of nitrogens with zero attached hydrogens (tertiary/aromatic N) is 1. The number of aromatic nitrogens is 1. The highest BCUT2D eigenvalue weighted by molar-refractivity contribution is 7.91. The lowest BCUT2D eigenvalue weighted by Gasteiger charge is -2.03. The number of hydrogen-bond donors (Lipinski definition) is 2. The van der Waals surface area contributed by atoms with Crippen LogP contribution in [0.15, 0.2) is 10.4 Å². The van der Waals surface area contributed by atoms with E-state index >= 15 is 0 Å². The number of nitrogen functional groups attached to an aromatic ring is 1. The molecule has 0 atom stereocenters. The number of rotatable bonds is 6. The molecule has 9 heteroatoms. The van der Waals surface area contributed by atoms with Gasteiger partial charge < -0.3 is 10.5 Å². The summed E-state index contributed by atoms with van der Waals surface area (Å²) in [6, 6.07) is 0. The molecule has 0 radical (unpaired) electrons. The first-order valence-electron chi connectivity index (χ1n) is 4.82. The van der Waals surface area contributed by atoms with Crippen molar-refractivity contribution in [3.8, 4) is 0 Å². The van der Waals surface area contributed by atoms with Crippen LogP contribution in [-0.4, -0.2) is 32.5 Å². The third-order valence-corrected chi connectivity index (χ3v) is 4.44. The van der Waals surface area contributed by atoms with Crippen molar-refractivity contribution >= 4 is 32.5 Å². The highest BCUT2D eigenvalue weighted by Gasteiger charge is 2.17. The van der Waals surface area contributed by atoms with Gasteiger partial charge in [0.25, 0.3) is 10.0 Å². The fourth-order valence-electron chi connectivity index (χ4n) is 0.988. The third-order valence-electron chi connectivity index (χ3n) is 1.69. The maximum absolute atomic E-state index is 11.6. The summed E-state index contributed by atoms with van der Waals surface area (Å²) < 4.78 is 30.2. The van der Waals surface area contributed by atoms with Gasteiger partial charge in [-0.2, -0.15) is 0 Å². The first-order valence-corrected chi connectivity index (χ1v) is 7.12. The van der Waals surface area contributed by atoms with Crippen LogP contribution < -0.4 is 10.5 Å². The second-order valence-electron chi connectivity index (χ2n) is 2.97. The average Bonchev–Trinajstić information content (AvgIpc) is 2.65. The van der Waals surface area contributed by atoms with Crippen LogP contribution in [0.5, 0.6) is 0 Å². The van der Waals surface area contributed by atoms with Crippen LogP contribution in [0, 0.1) is 0 Å². The molecule has 17 heavy (non-hydrogen) atoms. The van der Waals surface area contributed by atoms with Gasteiger partial charge in [0.1, 0.15) is 0 Å². The van der Waals surface area contributed by atoms with Crippen LogP contribution in [0.4, 0.5) is 5.13 Å². The first-order chi connectivity index (χ1) is 7.95. The van der Waals surface area contributed by atoms with Crippen molar-refractivity contribution in [2.75, 3.05) is 18.9 Å². The Morgan fingerprint density at radius 1 is 1.65 bits per heavy atom. The van der Waals surface area contributed by atoms with Gasteiger partial charge in [0, 0.05) is 6.54 Å². The summed E-state index contributed by atoms with van der Waals surface area (Å²) in [7, 11) is -3.63. The summed E-state index contributed by atoms with van der Waals surface area (Å²) in [5.74, 6) is -0.445. The van der Waals surface area contributed by atoms with E-state index in [0.29, 0.717) is 0 Å². The lowest BCUT2D eigenvalue weighted by molar-refractivity contribution is -0.142. The number of hydrogen-bond acceptors (Lipinski definition) is 7. The Morgan fingerprint density at radius 3 is 2.88 bits per heavy atom. The molecule has 0 aromatic carbocycles. The highest BCUT2D eigenvalue weighted by atomic mass is 32.2. The van der Waals surface area contributed by atoms with Crippen molar-refractivity contribution in [1.82, 2.24) is 9.71 Å². The van der Waals surface area contributed by atoms with Gasteiger partial charge in [-0.1, -0.05) is 11.3 Å². The van der Waals surface area contributed by atoms with E-state index in [1.807, 2.05) is 0 Å². The number of thiazole rings is 1. The molecular formula is C8H13N3O4S2. The van der Waals surface area contributed by atoms with Gasteiger partial charge in [-0.05, 0) is 6.92 Å². The summed E-state index contributed by atoms with van der Waals surface area (Å²) in [6.07, 6.45) is 1.16. The maximum atomic E-state index is 11.6. The molecule has 0 amide bonds. The van der Waals surface area contributed by atoms with Crippen LogP contribution in [0.2, 0.25) is 0 Å². The van der Waals surface area contributed by atoms with Gasteiger partial charge >= 0.3 is 5.97 Å². The Bertz CT molecular complexity index is 483. The van der Waals surface area contributed by atoms with E-state index in [2.05, 4.69) is 14.4 Å². The van der Waals surface area contributed by atoms with Crippen molar-refractivity contribution in [3.05, 3.63) is 6.20 Å². The Balaban J connectivity index is 2.49. The van der Waals surface area contributed by atoms with E-state index in [0.717, 1.165) is 11.3 Å². The number of ether oxygens (including phenoxy) is 1. The van der Waals surface area contributed by atoms with Crippen LogP contribution in [0.25, 0.3) is 0 Å². The van der Waals surface area contributed by atoms with Crippen LogP contribution in [0.1, 0.15) is 13.3 Å². The zero-order valence-corrected chi connectivity index (χ0v) is 10.8. The fourth-order valence-corrected chi connectivity index (χ4v) is 2.98. The number of nitrogens with two attached hydrogens (primary N) is 1. The quantitative estimate of drug-likeness (QED) is 0.707. The van der Waals surface area contributed by atoms with Crippen LogP contribution >= 0.6 is 11.3 Å². The van der Waals surface area contributed by atoms with Gasteiger partial charge in [-0.3, -0.25) is 4.79 Å². The number of carbonyl (C=O) groups is 1. The topological polar surface area (TPSA) is 111 Å². The lowest BCUT2D eigenvalue weighted by Crippen LogP contribution is -2.26. The summed E-state index contributed by atoms with van der Waals surface area (Å²) in [4.78, 5) is 14.6. The minimum Gasteiger partial charge on any atom is -0.466 e. The van der Waals surface area contributed by atoms with Crippen LogP contribution in [-0.2, 0) is 19.6 Å². The number of nitrogens with one attached hydrogen (secondary N) is 1. The number of carbonyl (C=O) groups excluding carboxylic acids is 1. The predicted octanol–water partition coefficient (Wildman–Crippen LogP) is -0.0432. The third kappa shape index (κ3) is 4.29. The summed E-state index contributed by atoms with van der Waals surface area (Å²) in [5.41, 5.74) is 5.33. The average molecular weight is 279 g/mol. The van der Waals surface area contributed by atoms with E-state index < -0.39 is 16.0 Å². The molecule has 0 saturated heterocycles. The SMILES string of the molecule is CCOC(=O)CCNS(=O)(=O)c1cnc(N)s1. The van der Waals surface area contributed by atoms with Gasteiger partial charge in [0.05, 0.1) is 19.2 Å². The first kappa shape index (κ1) is 13.9. The molecule has 3 N–H and O–H groups in total. The summed E-state index contributed by atoms with van der Waals surface area (Å²) in [6.45, 7) is 1.94. The lowest BCUT2D eigenvalue weighted by atomic mass is 10.4. The van der Waals surface area contributed by atoms with E-state index in [4.69, 9.17) is 5.73 Å². The molecule has 1 aromatic heterocycles. The van der Waals surface area contributed by atoms with Crippen molar-refractivity contribution < 1.29 is 17.9 Å².